The molecule has 0 saturated carbocycles. The van der Waals surface area contributed by atoms with Gasteiger partial charge in [-0.3, -0.25) is 0 Å². The van der Waals surface area contributed by atoms with Crippen molar-refractivity contribution in [3.63, 3.8) is 0 Å². The van der Waals surface area contributed by atoms with Crippen LogP contribution in [0.15, 0.2) is 24.5 Å². The summed E-state index contributed by atoms with van der Waals surface area (Å²) >= 11 is 6.43. The van der Waals surface area contributed by atoms with E-state index in [0.29, 0.717) is 5.92 Å². The first kappa shape index (κ1) is 18.3. The molecule has 0 bridgehead atoms. The number of likely N-dealkylation sites (tertiary alicyclic amines) is 1. The third-order valence-electron chi connectivity index (χ3n) is 7.02. The predicted molar refractivity (Wildman–Crippen MR) is 112 cm³/mol. The van der Waals surface area contributed by atoms with Crippen LogP contribution < -0.4 is 4.90 Å². The summed E-state index contributed by atoms with van der Waals surface area (Å²) < 4.78 is 0. The first-order valence-electron chi connectivity index (χ1n) is 10.4. The number of aromatic nitrogens is 2. The topological polar surface area (TPSA) is 52.5 Å². The van der Waals surface area contributed by atoms with Crippen LogP contribution in [-0.2, 0) is 11.8 Å². The maximum atomic E-state index is 9.29. The van der Waals surface area contributed by atoms with Crippen molar-refractivity contribution in [1.82, 2.24) is 14.9 Å². The Kier molecular flexibility index (Phi) is 4.57. The van der Waals surface area contributed by atoms with Gasteiger partial charge < -0.3 is 14.9 Å². The summed E-state index contributed by atoms with van der Waals surface area (Å²) in [5.74, 6) is 1.60. The Hall–Kier alpha value is -1.69. The molecule has 0 radical (unpaired) electrons. The summed E-state index contributed by atoms with van der Waals surface area (Å²) in [4.78, 5) is 14.1. The molecule has 3 heterocycles. The molecule has 1 N–H and O–H groups in total. The molecule has 1 atom stereocenters. The Balaban J connectivity index is 1.56. The smallest absolute Gasteiger partial charge is 0.140 e. The van der Waals surface area contributed by atoms with Crippen molar-refractivity contribution < 1.29 is 5.11 Å². The molecule has 1 unspecified atom stereocenters. The maximum absolute atomic E-state index is 9.29. The zero-order valence-corrected chi connectivity index (χ0v) is 17.1. The fourth-order valence-corrected chi connectivity index (χ4v) is 5.61. The number of aliphatic hydroxyl groups is 1. The monoisotopic (exact) mass is 398 g/mol. The molecule has 28 heavy (non-hydrogen) atoms. The zero-order chi connectivity index (χ0) is 19.3. The Bertz CT molecular complexity index is 894. The molecule has 5 nitrogen and oxygen atoms in total. The van der Waals surface area contributed by atoms with Crippen LogP contribution in [0.5, 0.6) is 0 Å². The normalized spacial score (nSPS) is 23.2. The lowest BCUT2D eigenvalue weighted by Gasteiger charge is -2.40. The van der Waals surface area contributed by atoms with Crippen molar-refractivity contribution in [2.45, 2.75) is 43.9 Å². The molecule has 6 heteroatoms. The quantitative estimate of drug-likeness (QED) is 0.855. The van der Waals surface area contributed by atoms with E-state index in [-0.39, 0.29) is 12.0 Å². The number of hydrogen-bond donors (Lipinski definition) is 1. The van der Waals surface area contributed by atoms with Crippen molar-refractivity contribution in [2.75, 3.05) is 37.7 Å². The molecular formula is C22H27ClN4O. The highest BCUT2D eigenvalue weighted by Gasteiger charge is 2.46. The van der Waals surface area contributed by atoms with Crippen LogP contribution >= 0.6 is 11.6 Å². The molecule has 1 aromatic heterocycles. The summed E-state index contributed by atoms with van der Waals surface area (Å²) in [7, 11) is 0. The number of aliphatic hydroxyl groups excluding tert-OH is 1. The first-order chi connectivity index (χ1) is 13.6. The molecule has 3 aliphatic rings. The van der Waals surface area contributed by atoms with E-state index in [1.54, 1.807) is 6.33 Å². The van der Waals surface area contributed by atoms with Gasteiger partial charge in [0.15, 0.2) is 0 Å². The molecule has 5 rings (SSSR count). The molecule has 2 aromatic rings. The minimum Gasteiger partial charge on any atom is -0.395 e. The van der Waals surface area contributed by atoms with Crippen molar-refractivity contribution in [1.29, 1.82) is 0 Å². The highest BCUT2D eigenvalue weighted by molar-refractivity contribution is 6.30. The molecule has 148 valence electrons. The molecule has 1 spiro atoms. The van der Waals surface area contributed by atoms with Gasteiger partial charge in [-0.25, -0.2) is 9.97 Å². The third-order valence-corrected chi connectivity index (χ3v) is 7.25. The second kappa shape index (κ2) is 6.97. The lowest BCUT2D eigenvalue weighted by molar-refractivity contribution is 0.136. The Labute approximate surface area is 171 Å². The van der Waals surface area contributed by atoms with Gasteiger partial charge in [-0.2, -0.15) is 0 Å². The summed E-state index contributed by atoms with van der Waals surface area (Å²) in [6.07, 6.45) is 6.11. The van der Waals surface area contributed by atoms with Crippen molar-refractivity contribution >= 4 is 23.1 Å². The van der Waals surface area contributed by atoms with Gasteiger partial charge in [-0.1, -0.05) is 18.5 Å². The van der Waals surface area contributed by atoms with Crippen molar-refractivity contribution in [2.24, 2.45) is 0 Å². The summed E-state index contributed by atoms with van der Waals surface area (Å²) in [5, 5.41) is 10.1. The van der Waals surface area contributed by atoms with Crippen molar-refractivity contribution in [3.05, 3.63) is 46.4 Å². The van der Waals surface area contributed by atoms with Gasteiger partial charge in [0.25, 0.3) is 0 Å². The molecule has 0 amide bonds. The predicted octanol–water partition coefficient (Wildman–Crippen LogP) is 3.66. The van der Waals surface area contributed by atoms with Crippen LogP contribution in [0.1, 0.15) is 48.9 Å². The van der Waals surface area contributed by atoms with E-state index in [4.69, 9.17) is 16.6 Å². The number of rotatable bonds is 3. The molecule has 1 aliphatic carbocycles. The highest BCUT2D eigenvalue weighted by atomic mass is 35.5. The summed E-state index contributed by atoms with van der Waals surface area (Å²) in [6.45, 7) is 6.26. The molecule has 1 fully saturated rings. The van der Waals surface area contributed by atoms with Gasteiger partial charge in [0.1, 0.15) is 12.1 Å². The van der Waals surface area contributed by atoms with Gasteiger partial charge in [0, 0.05) is 40.5 Å². The van der Waals surface area contributed by atoms with Gasteiger partial charge in [0.2, 0.25) is 0 Å². The molecular weight excluding hydrogens is 372 g/mol. The summed E-state index contributed by atoms with van der Waals surface area (Å²) in [6, 6.07) is 6.34. The van der Waals surface area contributed by atoms with Gasteiger partial charge >= 0.3 is 0 Å². The molecule has 2 aliphatic heterocycles. The number of β-amino-alcohol motifs (C(OH)–C–C–N with tert-alkyl or cyclic N) is 1. The highest BCUT2D eigenvalue weighted by Crippen LogP contribution is 2.51. The number of fused-ring (bicyclic) bond motifs is 3. The average molecular weight is 399 g/mol. The lowest BCUT2D eigenvalue weighted by atomic mass is 9.74. The van der Waals surface area contributed by atoms with Crippen molar-refractivity contribution in [3.8, 4) is 0 Å². The minimum absolute atomic E-state index is 0.103. The largest absolute Gasteiger partial charge is 0.395 e. The van der Waals surface area contributed by atoms with E-state index in [1.165, 1.54) is 22.5 Å². The number of aryl methyl sites for hydroxylation is 1. The van der Waals surface area contributed by atoms with E-state index in [2.05, 4.69) is 33.8 Å². The molecule has 1 aromatic carbocycles. The van der Waals surface area contributed by atoms with Crippen LogP contribution in [-0.4, -0.2) is 52.8 Å². The Morgan fingerprint density at radius 2 is 2.07 bits per heavy atom. The fourth-order valence-electron chi connectivity index (χ4n) is 5.44. The Morgan fingerprint density at radius 1 is 1.25 bits per heavy atom. The Morgan fingerprint density at radius 3 is 2.86 bits per heavy atom. The second-order valence-corrected chi connectivity index (χ2v) is 9.03. The van der Waals surface area contributed by atoms with Crippen LogP contribution in [0.2, 0.25) is 5.02 Å². The zero-order valence-electron chi connectivity index (χ0n) is 16.4. The summed E-state index contributed by atoms with van der Waals surface area (Å²) in [5.41, 5.74) is 5.26. The molecule has 1 saturated heterocycles. The lowest BCUT2D eigenvalue weighted by Crippen LogP contribution is -2.45. The van der Waals surface area contributed by atoms with E-state index in [1.807, 2.05) is 6.07 Å². The third kappa shape index (κ3) is 2.83. The van der Waals surface area contributed by atoms with Gasteiger partial charge in [-0.15, -0.1) is 0 Å². The van der Waals surface area contributed by atoms with E-state index < -0.39 is 0 Å². The first-order valence-corrected chi connectivity index (χ1v) is 10.7. The maximum Gasteiger partial charge on any atom is 0.140 e. The number of nitrogens with zero attached hydrogens (tertiary/aromatic N) is 4. The minimum atomic E-state index is 0.103. The van der Waals surface area contributed by atoms with Crippen LogP contribution in [0, 0.1) is 0 Å². The SMILES string of the molecule is CC1CCc2ncnc(N3CC4(CCN(CCO)CC4)c4cc(Cl)ccc43)c21. The number of hydrogen-bond acceptors (Lipinski definition) is 5. The number of piperidine rings is 1. The standard InChI is InChI=1S/C22H27ClN4O/c1-15-2-4-18-20(15)21(25-14-24-18)27-13-22(6-8-26(9-7-22)10-11-28)17-12-16(23)3-5-19(17)27/h3,5,12,14-15,28H,2,4,6-11,13H2,1H3. The average Bonchev–Trinajstić information content (AvgIpc) is 3.23. The number of anilines is 2. The van der Waals surface area contributed by atoms with Gasteiger partial charge in [-0.05, 0) is 68.5 Å². The van der Waals surface area contributed by atoms with E-state index >= 15 is 0 Å². The fraction of sp³-hybridized carbons (Fsp3) is 0.545. The van der Waals surface area contributed by atoms with Crippen LogP contribution in [0.4, 0.5) is 11.5 Å². The number of benzene rings is 1. The second-order valence-electron chi connectivity index (χ2n) is 8.59. The van der Waals surface area contributed by atoms with Crippen LogP contribution in [0.3, 0.4) is 0 Å². The van der Waals surface area contributed by atoms with E-state index in [9.17, 15) is 5.11 Å². The number of halogens is 1. The van der Waals surface area contributed by atoms with Crippen LogP contribution in [0.25, 0.3) is 0 Å². The van der Waals surface area contributed by atoms with E-state index in [0.717, 1.165) is 62.7 Å². The van der Waals surface area contributed by atoms with Gasteiger partial charge in [0.05, 0.1) is 6.61 Å².